The first kappa shape index (κ1) is 22.7. The number of nitrogens with one attached hydrogen (secondary N) is 2. The van der Waals surface area contributed by atoms with Crippen molar-refractivity contribution >= 4 is 11.6 Å². The molecule has 0 aromatic heterocycles. The van der Waals surface area contributed by atoms with Gasteiger partial charge in [0.05, 0.1) is 13.2 Å². The highest BCUT2D eigenvalue weighted by atomic mass is 16.5. The molecule has 168 valence electrons. The van der Waals surface area contributed by atoms with Gasteiger partial charge in [-0.05, 0) is 42.9 Å². The van der Waals surface area contributed by atoms with Gasteiger partial charge >= 0.3 is 0 Å². The van der Waals surface area contributed by atoms with E-state index in [0.29, 0.717) is 32.3 Å². The molecule has 1 heterocycles. The van der Waals surface area contributed by atoms with Crippen molar-refractivity contribution < 1.29 is 14.2 Å². The average Bonchev–Trinajstić information content (AvgIpc) is 3.05. The summed E-state index contributed by atoms with van der Waals surface area (Å²) in [7, 11) is 1.76. The van der Waals surface area contributed by atoms with Crippen molar-refractivity contribution in [3.8, 4) is 17.2 Å². The molecule has 7 heteroatoms. The topological polar surface area (TPSA) is 67.4 Å². The van der Waals surface area contributed by atoms with Crippen molar-refractivity contribution in [2.24, 2.45) is 4.99 Å². The quantitative estimate of drug-likeness (QED) is 0.470. The lowest BCUT2D eigenvalue weighted by Crippen LogP contribution is -2.30. The van der Waals surface area contributed by atoms with Crippen LogP contribution in [0, 0.1) is 0 Å². The predicted molar refractivity (Wildman–Crippen MR) is 126 cm³/mol. The normalized spacial score (nSPS) is 13.6. The van der Waals surface area contributed by atoms with Gasteiger partial charge in [0.2, 0.25) is 0 Å². The van der Waals surface area contributed by atoms with Crippen molar-refractivity contribution in [2.75, 3.05) is 51.8 Å². The van der Waals surface area contributed by atoms with Crippen LogP contribution in [-0.4, -0.2) is 57.4 Å². The average molecular weight is 427 g/mol. The number of fused-ring (bicyclic) bond motifs is 1. The Kier molecular flexibility index (Phi) is 8.84. The van der Waals surface area contributed by atoms with E-state index in [-0.39, 0.29) is 0 Å². The van der Waals surface area contributed by atoms with Gasteiger partial charge in [-0.2, -0.15) is 0 Å². The molecule has 7 nitrogen and oxygen atoms in total. The first-order valence-electron chi connectivity index (χ1n) is 11.0. The van der Waals surface area contributed by atoms with Crippen molar-refractivity contribution in [1.29, 1.82) is 0 Å². The number of hydrogen-bond acceptors (Lipinski definition) is 5. The van der Waals surface area contributed by atoms with Crippen LogP contribution in [-0.2, 0) is 6.54 Å². The van der Waals surface area contributed by atoms with Gasteiger partial charge in [-0.1, -0.05) is 26.0 Å². The summed E-state index contributed by atoms with van der Waals surface area (Å²) >= 11 is 0. The Morgan fingerprint density at radius 2 is 1.77 bits per heavy atom. The van der Waals surface area contributed by atoms with Crippen LogP contribution in [0.4, 0.5) is 5.69 Å². The molecule has 0 spiro atoms. The summed E-state index contributed by atoms with van der Waals surface area (Å²) in [5.74, 6) is 3.12. The lowest BCUT2D eigenvalue weighted by molar-refractivity contribution is 0.223. The van der Waals surface area contributed by atoms with Crippen LogP contribution >= 0.6 is 0 Å². The van der Waals surface area contributed by atoms with Gasteiger partial charge in [0.1, 0.15) is 12.4 Å². The highest BCUT2D eigenvalue weighted by Gasteiger charge is 2.11. The summed E-state index contributed by atoms with van der Waals surface area (Å²) in [6, 6.07) is 14.0. The molecule has 1 aliphatic heterocycles. The number of rotatable bonds is 9. The third kappa shape index (κ3) is 7.07. The Hall–Kier alpha value is -2.93. The standard InChI is InChI=1S/C24H34N4O3/c1-4-28(5-2)13-16-29-21-10-7-19(8-11-21)18-26-24(25-3)27-20-9-12-22-23(17-20)31-15-6-14-30-22/h7-12,17H,4-6,13-16,18H2,1-3H3,(H2,25,26,27). The Labute approximate surface area is 185 Å². The number of hydrogen-bond donors (Lipinski definition) is 2. The van der Waals surface area contributed by atoms with Crippen LogP contribution in [0.5, 0.6) is 17.2 Å². The summed E-state index contributed by atoms with van der Waals surface area (Å²) < 4.78 is 17.3. The molecule has 0 saturated carbocycles. The second kappa shape index (κ2) is 12.1. The first-order chi connectivity index (χ1) is 15.2. The number of anilines is 1. The van der Waals surface area contributed by atoms with Gasteiger partial charge in [-0.3, -0.25) is 4.99 Å². The third-order valence-corrected chi connectivity index (χ3v) is 5.19. The number of guanidine groups is 1. The molecule has 2 aromatic rings. The van der Waals surface area contributed by atoms with Crippen LogP contribution in [0.25, 0.3) is 0 Å². The second-order valence-electron chi connectivity index (χ2n) is 7.28. The third-order valence-electron chi connectivity index (χ3n) is 5.19. The van der Waals surface area contributed by atoms with Crippen LogP contribution in [0.1, 0.15) is 25.8 Å². The van der Waals surface area contributed by atoms with E-state index in [0.717, 1.165) is 54.6 Å². The van der Waals surface area contributed by atoms with E-state index in [9.17, 15) is 0 Å². The van der Waals surface area contributed by atoms with Crippen LogP contribution in [0.3, 0.4) is 0 Å². The molecule has 1 aliphatic rings. The second-order valence-corrected chi connectivity index (χ2v) is 7.28. The summed E-state index contributed by atoms with van der Waals surface area (Å²) in [4.78, 5) is 6.66. The SMILES string of the molecule is CCN(CC)CCOc1ccc(CNC(=NC)Nc2ccc3c(c2)OCCCO3)cc1. The van der Waals surface area contributed by atoms with Gasteiger partial charge in [0.15, 0.2) is 17.5 Å². The Morgan fingerprint density at radius 1 is 1.03 bits per heavy atom. The Balaban J connectivity index is 1.48. The minimum atomic E-state index is 0.657. The van der Waals surface area contributed by atoms with Crippen LogP contribution < -0.4 is 24.8 Å². The maximum Gasteiger partial charge on any atom is 0.195 e. The molecule has 0 aliphatic carbocycles. The molecule has 3 rings (SSSR count). The summed E-state index contributed by atoms with van der Waals surface area (Å²) in [6.07, 6.45) is 0.889. The Bertz CT molecular complexity index is 835. The molecule has 0 bridgehead atoms. The van der Waals surface area contributed by atoms with Crippen molar-refractivity contribution in [3.63, 3.8) is 0 Å². The first-order valence-corrected chi connectivity index (χ1v) is 11.0. The summed E-state index contributed by atoms with van der Waals surface area (Å²) in [5.41, 5.74) is 2.05. The zero-order valence-electron chi connectivity index (χ0n) is 18.8. The molecular weight excluding hydrogens is 392 g/mol. The summed E-state index contributed by atoms with van der Waals surface area (Å²) in [5, 5.41) is 6.64. The zero-order valence-corrected chi connectivity index (χ0v) is 18.8. The molecule has 0 unspecified atom stereocenters. The largest absolute Gasteiger partial charge is 0.492 e. The fraction of sp³-hybridized carbons (Fsp3) is 0.458. The number of ether oxygens (including phenoxy) is 3. The Morgan fingerprint density at radius 3 is 2.48 bits per heavy atom. The molecule has 31 heavy (non-hydrogen) atoms. The van der Waals surface area contributed by atoms with E-state index < -0.39 is 0 Å². The molecule has 0 radical (unpaired) electrons. The lowest BCUT2D eigenvalue weighted by Gasteiger charge is -2.18. The van der Waals surface area contributed by atoms with Crippen LogP contribution in [0.15, 0.2) is 47.5 Å². The maximum absolute atomic E-state index is 5.86. The maximum atomic E-state index is 5.86. The van der Waals surface area contributed by atoms with Gasteiger partial charge in [0, 0.05) is 38.3 Å². The number of likely N-dealkylation sites (N-methyl/N-ethyl adjacent to an activating group) is 1. The predicted octanol–water partition coefficient (Wildman–Crippen LogP) is 3.76. The smallest absolute Gasteiger partial charge is 0.195 e. The van der Waals surface area contributed by atoms with Gasteiger partial charge in [-0.25, -0.2) is 0 Å². The van der Waals surface area contributed by atoms with E-state index in [1.165, 1.54) is 0 Å². The van der Waals surface area contributed by atoms with Crippen molar-refractivity contribution in [3.05, 3.63) is 48.0 Å². The molecule has 0 fully saturated rings. The van der Waals surface area contributed by atoms with Gasteiger partial charge in [-0.15, -0.1) is 0 Å². The van der Waals surface area contributed by atoms with E-state index in [4.69, 9.17) is 14.2 Å². The van der Waals surface area contributed by atoms with Crippen molar-refractivity contribution in [2.45, 2.75) is 26.8 Å². The molecule has 0 saturated heterocycles. The van der Waals surface area contributed by atoms with E-state index in [2.05, 4.69) is 46.5 Å². The molecule has 2 aromatic carbocycles. The minimum absolute atomic E-state index is 0.657. The molecule has 0 atom stereocenters. The minimum Gasteiger partial charge on any atom is -0.492 e. The molecule has 0 amide bonds. The lowest BCUT2D eigenvalue weighted by atomic mass is 10.2. The van der Waals surface area contributed by atoms with Gasteiger partial charge in [0.25, 0.3) is 0 Å². The molecular formula is C24H34N4O3. The number of nitrogens with zero attached hydrogens (tertiary/aromatic N) is 2. The highest BCUT2D eigenvalue weighted by molar-refractivity contribution is 5.93. The fourth-order valence-corrected chi connectivity index (χ4v) is 3.28. The fourth-order valence-electron chi connectivity index (χ4n) is 3.28. The zero-order chi connectivity index (χ0) is 21.9. The highest BCUT2D eigenvalue weighted by Crippen LogP contribution is 2.32. The van der Waals surface area contributed by atoms with E-state index in [1.807, 2.05) is 30.3 Å². The number of aliphatic imine (C=N–C) groups is 1. The van der Waals surface area contributed by atoms with E-state index >= 15 is 0 Å². The summed E-state index contributed by atoms with van der Waals surface area (Å²) in [6.45, 7) is 10.1. The monoisotopic (exact) mass is 426 g/mol. The van der Waals surface area contributed by atoms with Crippen molar-refractivity contribution in [1.82, 2.24) is 10.2 Å². The number of benzene rings is 2. The van der Waals surface area contributed by atoms with E-state index in [1.54, 1.807) is 7.05 Å². The van der Waals surface area contributed by atoms with Crippen LogP contribution in [0.2, 0.25) is 0 Å². The van der Waals surface area contributed by atoms with Gasteiger partial charge < -0.3 is 29.7 Å². The molecule has 2 N–H and O–H groups in total.